The Balaban J connectivity index is 2.07. The van der Waals surface area contributed by atoms with E-state index in [9.17, 15) is 4.79 Å². The molecule has 0 saturated heterocycles. The number of rotatable bonds is 0. The number of carbonyl (C=O) groups excluding carboxylic acids is 1. The number of carbonyl (C=O) groups is 1. The minimum atomic E-state index is 0.0159. The molecule has 2 atom stereocenters. The highest BCUT2D eigenvalue weighted by Crippen LogP contribution is 2.52. The molecule has 0 amide bonds. The molecule has 13 heavy (non-hydrogen) atoms. The summed E-state index contributed by atoms with van der Waals surface area (Å²) >= 11 is 0. The van der Waals surface area contributed by atoms with Crippen molar-refractivity contribution in [2.75, 3.05) is 0 Å². The average Bonchev–Trinajstić information content (AvgIpc) is 2.03. The second kappa shape index (κ2) is 3.11. The lowest BCUT2D eigenvalue weighted by Crippen LogP contribution is -2.54. The molecule has 0 aromatic carbocycles. The molecule has 0 aliphatic heterocycles. The number of fused-ring (bicyclic) bond motifs is 1. The van der Waals surface area contributed by atoms with Gasteiger partial charge in [-0.1, -0.05) is 39.5 Å². The molecule has 2 aliphatic carbocycles. The van der Waals surface area contributed by atoms with E-state index in [0.717, 1.165) is 0 Å². The Morgan fingerprint density at radius 1 is 1.08 bits per heavy atom. The van der Waals surface area contributed by atoms with Gasteiger partial charge in [0.1, 0.15) is 5.78 Å². The van der Waals surface area contributed by atoms with Crippen LogP contribution < -0.4 is 0 Å². The summed E-state index contributed by atoms with van der Waals surface area (Å²) in [5, 5.41) is 0. The van der Waals surface area contributed by atoms with Crippen LogP contribution in [-0.2, 0) is 4.79 Å². The topological polar surface area (TPSA) is 17.1 Å². The van der Waals surface area contributed by atoms with Crippen LogP contribution in [0, 0.1) is 17.3 Å². The smallest absolute Gasteiger partial charge is 0.142 e. The highest BCUT2D eigenvalue weighted by molar-refractivity contribution is 5.93. The van der Waals surface area contributed by atoms with Gasteiger partial charge >= 0.3 is 0 Å². The molecule has 0 bridgehead atoms. The second-order valence-electron chi connectivity index (χ2n) is 5.29. The third-order valence-electron chi connectivity index (χ3n) is 4.16. The lowest BCUT2D eigenvalue weighted by molar-refractivity contribution is -0.155. The number of Topliss-reactive ketones (excluding diaryl/α,β-unsaturated/α-hetero) is 1. The van der Waals surface area contributed by atoms with Gasteiger partial charge in [-0.2, -0.15) is 0 Å². The molecular formula is C12H20O. The summed E-state index contributed by atoms with van der Waals surface area (Å²) in [7, 11) is 0. The van der Waals surface area contributed by atoms with Crippen molar-refractivity contribution in [3.8, 4) is 0 Å². The highest BCUT2D eigenvalue weighted by atomic mass is 16.1. The molecule has 2 fully saturated rings. The van der Waals surface area contributed by atoms with Gasteiger partial charge in [-0.25, -0.2) is 0 Å². The molecule has 1 nitrogen and oxygen atoms in total. The van der Waals surface area contributed by atoms with Crippen LogP contribution in [0.5, 0.6) is 0 Å². The number of hydrogen-bond acceptors (Lipinski definition) is 1. The van der Waals surface area contributed by atoms with E-state index in [4.69, 9.17) is 0 Å². The number of hydrogen-bond donors (Lipinski definition) is 0. The maximum Gasteiger partial charge on any atom is 0.142 e. The maximum absolute atomic E-state index is 11.8. The third kappa shape index (κ3) is 1.33. The zero-order valence-electron chi connectivity index (χ0n) is 8.81. The van der Waals surface area contributed by atoms with Crippen LogP contribution in [0.2, 0.25) is 0 Å². The Morgan fingerprint density at radius 3 is 2.38 bits per heavy atom. The fourth-order valence-electron chi connectivity index (χ4n) is 3.23. The Bertz CT molecular complexity index is 217. The largest absolute Gasteiger partial charge is 0.299 e. The average molecular weight is 180 g/mol. The van der Waals surface area contributed by atoms with Gasteiger partial charge in [0.2, 0.25) is 0 Å². The van der Waals surface area contributed by atoms with Crippen molar-refractivity contribution in [1.29, 1.82) is 0 Å². The fourth-order valence-corrected chi connectivity index (χ4v) is 3.23. The first-order valence-electron chi connectivity index (χ1n) is 5.68. The van der Waals surface area contributed by atoms with E-state index < -0.39 is 0 Å². The first-order valence-corrected chi connectivity index (χ1v) is 5.68. The van der Waals surface area contributed by atoms with E-state index in [2.05, 4.69) is 13.8 Å². The minimum absolute atomic E-state index is 0.0159. The molecule has 2 saturated carbocycles. The molecule has 74 valence electrons. The Hall–Kier alpha value is -0.330. The van der Waals surface area contributed by atoms with E-state index in [0.29, 0.717) is 17.6 Å². The molecular weight excluding hydrogens is 160 g/mol. The summed E-state index contributed by atoms with van der Waals surface area (Å²) in [6, 6.07) is 0. The Kier molecular flexibility index (Phi) is 2.21. The van der Waals surface area contributed by atoms with E-state index in [1.807, 2.05) is 0 Å². The third-order valence-corrected chi connectivity index (χ3v) is 4.16. The zero-order chi connectivity index (χ0) is 9.47. The molecule has 0 spiro atoms. The van der Waals surface area contributed by atoms with Crippen molar-refractivity contribution in [3.05, 3.63) is 0 Å². The van der Waals surface area contributed by atoms with Gasteiger partial charge in [0.15, 0.2) is 0 Å². The van der Waals surface area contributed by atoms with Gasteiger partial charge in [0, 0.05) is 11.3 Å². The summed E-state index contributed by atoms with van der Waals surface area (Å²) in [4.78, 5) is 11.8. The van der Waals surface area contributed by atoms with Gasteiger partial charge in [-0.15, -0.1) is 0 Å². The van der Waals surface area contributed by atoms with Crippen molar-refractivity contribution in [2.45, 2.75) is 52.4 Å². The molecule has 2 rings (SSSR count). The predicted octanol–water partition coefficient (Wildman–Crippen LogP) is 3.18. The van der Waals surface area contributed by atoms with Gasteiger partial charge < -0.3 is 0 Å². The Morgan fingerprint density at radius 2 is 1.69 bits per heavy atom. The Labute approximate surface area is 80.9 Å². The second-order valence-corrected chi connectivity index (χ2v) is 5.29. The van der Waals surface area contributed by atoms with Crippen LogP contribution in [0.1, 0.15) is 52.4 Å². The molecule has 2 aliphatic rings. The van der Waals surface area contributed by atoms with Crippen molar-refractivity contribution >= 4 is 5.78 Å². The van der Waals surface area contributed by atoms with Crippen LogP contribution in [0.3, 0.4) is 0 Å². The lowest BCUT2D eigenvalue weighted by atomic mass is 9.51. The van der Waals surface area contributed by atoms with Gasteiger partial charge in [0.25, 0.3) is 0 Å². The van der Waals surface area contributed by atoms with E-state index in [1.54, 1.807) is 0 Å². The van der Waals surface area contributed by atoms with Crippen molar-refractivity contribution in [3.63, 3.8) is 0 Å². The molecule has 0 aromatic rings. The van der Waals surface area contributed by atoms with Crippen LogP contribution in [-0.4, -0.2) is 5.78 Å². The van der Waals surface area contributed by atoms with Gasteiger partial charge in [-0.05, 0) is 18.8 Å². The summed E-state index contributed by atoms with van der Waals surface area (Å²) in [6.07, 6.45) is 7.82. The standard InChI is InChI=1S/C12H20O/c1-12(2)10-8-6-4-3-5-7-9(10)11(12)13/h9-10H,3-8H2,1-2H3/t9-,10+/m0/s1. The monoisotopic (exact) mass is 180 g/mol. The van der Waals surface area contributed by atoms with Crippen LogP contribution >= 0.6 is 0 Å². The molecule has 0 unspecified atom stereocenters. The van der Waals surface area contributed by atoms with Crippen LogP contribution in [0.4, 0.5) is 0 Å². The molecule has 0 aromatic heterocycles. The minimum Gasteiger partial charge on any atom is -0.299 e. The molecule has 0 radical (unpaired) electrons. The number of ketones is 1. The van der Waals surface area contributed by atoms with Gasteiger partial charge in [-0.3, -0.25) is 4.79 Å². The van der Waals surface area contributed by atoms with Crippen molar-refractivity contribution < 1.29 is 4.79 Å². The van der Waals surface area contributed by atoms with Crippen LogP contribution in [0.25, 0.3) is 0 Å². The molecule has 0 N–H and O–H groups in total. The van der Waals surface area contributed by atoms with Crippen molar-refractivity contribution in [2.24, 2.45) is 17.3 Å². The van der Waals surface area contributed by atoms with E-state index in [1.165, 1.54) is 38.5 Å². The maximum atomic E-state index is 11.8. The summed E-state index contributed by atoms with van der Waals surface area (Å²) in [6.45, 7) is 4.27. The first kappa shape index (κ1) is 9.23. The van der Waals surface area contributed by atoms with E-state index in [-0.39, 0.29) is 5.41 Å². The lowest BCUT2D eigenvalue weighted by Gasteiger charge is -2.50. The zero-order valence-corrected chi connectivity index (χ0v) is 8.81. The highest BCUT2D eigenvalue weighted by Gasteiger charge is 2.54. The van der Waals surface area contributed by atoms with Crippen LogP contribution in [0.15, 0.2) is 0 Å². The first-order chi connectivity index (χ1) is 6.14. The summed E-state index contributed by atoms with van der Waals surface area (Å²) in [5.41, 5.74) is 0.0159. The van der Waals surface area contributed by atoms with Crippen molar-refractivity contribution in [1.82, 2.24) is 0 Å². The van der Waals surface area contributed by atoms with E-state index >= 15 is 0 Å². The molecule has 0 heterocycles. The quantitative estimate of drug-likeness (QED) is 0.559. The van der Waals surface area contributed by atoms with Gasteiger partial charge in [0.05, 0.1) is 0 Å². The summed E-state index contributed by atoms with van der Waals surface area (Å²) < 4.78 is 0. The molecule has 1 heteroatoms. The normalized spacial score (nSPS) is 38.5. The summed E-state index contributed by atoms with van der Waals surface area (Å²) in [5.74, 6) is 1.69. The fraction of sp³-hybridized carbons (Fsp3) is 0.917. The SMILES string of the molecule is CC1(C)C(=O)[C@H]2CCCCCC[C@H]21. The predicted molar refractivity (Wildman–Crippen MR) is 53.5 cm³/mol.